The number of aromatic nitrogens is 1. The van der Waals surface area contributed by atoms with Crippen LogP contribution in [0.15, 0.2) is 41.1 Å². The summed E-state index contributed by atoms with van der Waals surface area (Å²) in [6.45, 7) is 5.19. The number of ether oxygens (including phenoxy) is 2. The van der Waals surface area contributed by atoms with Crippen LogP contribution < -0.4 is 0 Å². The highest BCUT2D eigenvalue weighted by molar-refractivity contribution is 5.09. The van der Waals surface area contributed by atoms with Gasteiger partial charge in [0.2, 0.25) is 0 Å². The maximum Gasteiger partial charge on any atom is 0.118 e. The quantitative estimate of drug-likeness (QED) is 0.844. The van der Waals surface area contributed by atoms with Gasteiger partial charge in [0.25, 0.3) is 0 Å². The Kier molecular flexibility index (Phi) is 4.65. The summed E-state index contributed by atoms with van der Waals surface area (Å²) >= 11 is 0. The van der Waals surface area contributed by atoms with E-state index < -0.39 is 0 Å². The van der Waals surface area contributed by atoms with Crippen molar-refractivity contribution in [1.29, 1.82) is 0 Å². The molecule has 2 aromatic rings. The summed E-state index contributed by atoms with van der Waals surface area (Å²) < 4.78 is 18.0. The van der Waals surface area contributed by atoms with Gasteiger partial charge in [-0.3, -0.25) is 9.88 Å². The molecule has 3 heterocycles. The molecular weight excluding hydrogens is 304 g/mol. The first-order valence-corrected chi connectivity index (χ1v) is 8.71. The van der Waals surface area contributed by atoms with E-state index in [2.05, 4.69) is 16.0 Å². The van der Waals surface area contributed by atoms with Gasteiger partial charge >= 0.3 is 0 Å². The molecule has 5 heteroatoms. The molecule has 2 aliphatic rings. The summed E-state index contributed by atoms with van der Waals surface area (Å²) in [5.41, 5.74) is 1.16. The van der Waals surface area contributed by atoms with Crippen molar-refractivity contribution in [2.45, 2.75) is 51.2 Å². The number of furan rings is 1. The number of nitrogens with zero attached hydrogens (tertiary/aromatic N) is 2. The monoisotopic (exact) mass is 328 g/mol. The lowest BCUT2D eigenvalue weighted by Crippen LogP contribution is -2.51. The smallest absolute Gasteiger partial charge is 0.118 e. The maximum absolute atomic E-state index is 6.16. The second kappa shape index (κ2) is 7.05. The lowest BCUT2D eigenvalue weighted by atomic mass is 10.1. The zero-order valence-corrected chi connectivity index (χ0v) is 14.1. The first-order chi connectivity index (χ1) is 11.8. The summed E-state index contributed by atoms with van der Waals surface area (Å²) in [4.78, 5) is 6.53. The van der Waals surface area contributed by atoms with Gasteiger partial charge in [-0.05, 0) is 49.6 Å². The SMILES string of the molecule is Cc1ccc(CN2CCO[C@@H]3[C@@H](OCc4ccncc4)CC[C@@H]32)o1. The Morgan fingerprint density at radius 1 is 1.21 bits per heavy atom. The van der Waals surface area contributed by atoms with Gasteiger partial charge in [0.1, 0.15) is 11.5 Å². The van der Waals surface area contributed by atoms with Crippen LogP contribution in [-0.2, 0) is 22.6 Å². The molecule has 0 spiro atoms. The molecule has 0 aromatic carbocycles. The summed E-state index contributed by atoms with van der Waals surface area (Å²) in [5, 5.41) is 0. The van der Waals surface area contributed by atoms with Crippen molar-refractivity contribution < 1.29 is 13.9 Å². The first-order valence-electron chi connectivity index (χ1n) is 8.71. The largest absolute Gasteiger partial charge is 0.465 e. The van der Waals surface area contributed by atoms with Crippen LogP contribution in [0.3, 0.4) is 0 Å². The normalized spacial score (nSPS) is 27.3. The molecule has 0 N–H and O–H groups in total. The van der Waals surface area contributed by atoms with Crippen molar-refractivity contribution in [3.8, 4) is 0 Å². The minimum absolute atomic E-state index is 0.164. The molecule has 0 amide bonds. The zero-order chi connectivity index (χ0) is 16.4. The molecule has 0 bridgehead atoms. The molecule has 0 unspecified atom stereocenters. The zero-order valence-electron chi connectivity index (χ0n) is 14.1. The molecule has 2 fully saturated rings. The van der Waals surface area contributed by atoms with Gasteiger partial charge in [0.05, 0.1) is 32.0 Å². The molecule has 2 aromatic heterocycles. The lowest BCUT2D eigenvalue weighted by molar-refractivity contribution is -0.119. The van der Waals surface area contributed by atoms with Crippen molar-refractivity contribution in [2.24, 2.45) is 0 Å². The second-order valence-corrected chi connectivity index (χ2v) is 6.67. The highest BCUT2D eigenvalue weighted by Crippen LogP contribution is 2.33. The standard InChI is InChI=1S/C19H24N2O3/c1-14-2-3-16(24-14)12-21-10-11-22-19-17(21)4-5-18(19)23-13-15-6-8-20-9-7-15/h2-3,6-9,17-19H,4-5,10-13H2,1H3/t17-,18-,19-/m0/s1. The molecule has 128 valence electrons. The molecule has 1 saturated heterocycles. The summed E-state index contributed by atoms with van der Waals surface area (Å²) in [6, 6.07) is 8.53. The van der Waals surface area contributed by atoms with E-state index in [-0.39, 0.29) is 12.2 Å². The molecule has 3 atom stereocenters. The number of hydrogen-bond acceptors (Lipinski definition) is 5. The summed E-state index contributed by atoms with van der Waals surface area (Å²) in [7, 11) is 0. The van der Waals surface area contributed by atoms with E-state index >= 15 is 0 Å². The van der Waals surface area contributed by atoms with E-state index in [1.165, 1.54) is 0 Å². The molecule has 1 aliphatic carbocycles. The van der Waals surface area contributed by atoms with Crippen molar-refractivity contribution in [3.63, 3.8) is 0 Å². The minimum atomic E-state index is 0.164. The van der Waals surface area contributed by atoms with Crippen molar-refractivity contribution in [1.82, 2.24) is 9.88 Å². The molecule has 5 nitrogen and oxygen atoms in total. The maximum atomic E-state index is 6.16. The van der Waals surface area contributed by atoms with Crippen LogP contribution in [0, 0.1) is 6.92 Å². The van der Waals surface area contributed by atoms with E-state index in [1.54, 1.807) is 12.4 Å². The van der Waals surface area contributed by atoms with Crippen LogP contribution in [0.2, 0.25) is 0 Å². The number of morpholine rings is 1. The molecule has 24 heavy (non-hydrogen) atoms. The van der Waals surface area contributed by atoms with Gasteiger partial charge < -0.3 is 13.9 Å². The Labute approximate surface area is 142 Å². The first kappa shape index (κ1) is 15.8. The van der Waals surface area contributed by atoms with Crippen molar-refractivity contribution in [2.75, 3.05) is 13.2 Å². The van der Waals surface area contributed by atoms with Gasteiger partial charge in [0, 0.05) is 25.0 Å². The Balaban J connectivity index is 1.37. The number of fused-ring (bicyclic) bond motifs is 1. The minimum Gasteiger partial charge on any atom is -0.465 e. The van der Waals surface area contributed by atoms with Gasteiger partial charge in [-0.25, -0.2) is 0 Å². The van der Waals surface area contributed by atoms with Crippen LogP contribution >= 0.6 is 0 Å². The summed E-state index contributed by atoms with van der Waals surface area (Å²) in [5.74, 6) is 2.01. The fraction of sp³-hybridized carbons (Fsp3) is 0.526. The average Bonchev–Trinajstić information content (AvgIpc) is 3.21. The third-order valence-electron chi connectivity index (χ3n) is 5.02. The fourth-order valence-corrected chi connectivity index (χ4v) is 3.82. The number of aryl methyl sites for hydroxylation is 1. The van der Waals surface area contributed by atoms with Crippen molar-refractivity contribution in [3.05, 3.63) is 53.7 Å². The summed E-state index contributed by atoms with van der Waals surface area (Å²) in [6.07, 6.45) is 6.11. The lowest BCUT2D eigenvalue weighted by Gasteiger charge is -2.38. The van der Waals surface area contributed by atoms with Crippen LogP contribution in [0.25, 0.3) is 0 Å². The Morgan fingerprint density at radius 2 is 2.08 bits per heavy atom. The molecule has 0 radical (unpaired) electrons. The van der Waals surface area contributed by atoms with E-state index in [0.29, 0.717) is 12.6 Å². The predicted octanol–water partition coefficient (Wildman–Crippen LogP) is 2.93. The molecular formula is C19H24N2O3. The second-order valence-electron chi connectivity index (χ2n) is 6.67. The van der Waals surface area contributed by atoms with Crippen LogP contribution in [0.5, 0.6) is 0 Å². The highest BCUT2D eigenvalue weighted by Gasteiger charge is 2.43. The number of rotatable bonds is 5. The Morgan fingerprint density at radius 3 is 2.88 bits per heavy atom. The predicted molar refractivity (Wildman–Crippen MR) is 89.4 cm³/mol. The average molecular weight is 328 g/mol. The third kappa shape index (κ3) is 3.38. The molecule has 1 aliphatic heterocycles. The highest BCUT2D eigenvalue weighted by atomic mass is 16.5. The van der Waals surface area contributed by atoms with E-state index in [0.717, 1.165) is 49.6 Å². The fourth-order valence-electron chi connectivity index (χ4n) is 3.82. The number of hydrogen-bond donors (Lipinski definition) is 0. The van der Waals surface area contributed by atoms with Crippen LogP contribution in [-0.4, -0.2) is 41.3 Å². The Hall–Kier alpha value is -1.69. The van der Waals surface area contributed by atoms with Crippen molar-refractivity contribution >= 4 is 0 Å². The van der Waals surface area contributed by atoms with Gasteiger partial charge in [0.15, 0.2) is 0 Å². The molecule has 1 saturated carbocycles. The van der Waals surface area contributed by atoms with Gasteiger partial charge in [-0.2, -0.15) is 0 Å². The van der Waals surface area contributed by atoms with Crippen LogP contribution in [0.1, 0.15) is 29.9 Å². The van der Waals surface area contributed by atoms with Crippen LogP contribution in [0.4, 0.5) is 0 Å². The van der Waals surface area contributed by atoms with E-state index in [4.69, 9.17) is 13.9 Å². The molecule has 4 rings (SSSR count). The third-order valence-corrected chi connectivity index (χ3v) is 5.02. The topological polar surface area (TPSA) is 47.7 Å². The van der Waals surface area contributed by atoms with E-state index in [9.17, 15) is 0 Å². The van der Waals surface area contributed by atoms with Gasteiger partial charge in [-0.15, -0.1) is 0 Å². The van der Waals surface area contributed by atoms with E-state index in [1.807, 2.05) is 25.1 Å². The Bertz CT molecular complexity index is 658. The van der Waals surface area contributed by atoms with Gasteiger partial charge in [-0.1, -0.05) is 0 Å². The number of pyridine rings is 1.